The van der Waals surface area contributed by atoms with E-state index in [2.05, 4.69) is 14.8 Å². The summed E-state index contributed by atoms with van der Waals surface area (Å²) in [6.07, 6.45) is 1.44. The van der Waals surface area contributed by atoms with Gasteiger partial charge in [-0.05, 0) is 19.9 Å². The van der Waals surface area contributed by atoms with E-state index in [1.807, 2.05) is 0 Å². The molecule has 1 aliphatic heterocycles. The predicted octanol–water partition coefficient (Wildman–Crippen LogP) is 1.18. The fourth-order valence-corrected chi connectivity index (χ4v) is 1.48. The molecule has 0 saturated heterocycles. The second-order valence-corrected chi connectivity index (χ2v) is 3.79. The van der Waals surface area contributed by atoms with Crippen LogP contribution in [-0.2, 0) is 9.09 Å². The highest BCUT2D eigenvalue weighted by Crippen LogP contribution is 2.44. The molecule has 68 valence electrons. The summed E-state index contributed by atoms with van der Waals surface area (Å²) in [6.45, 7) is 3.09. The Bertz CT molecular complexity index is 294. The Morgan fingerprint density at radius 3 is 2.58 bits per heavy atom. The molecule has 2 N–H and O–H groups in total. The summed E-state index contributed by atoms with van der Waals surface area (Å²) in [5.74, 6) is 0. The molecule has 0 aromatic heterocycles. The Kier molecular flexibility index (Phi) is 2.18. The number of hydrogen-bond acceptors (Lipinski definition) is 4. The Balaban J connectivity index is 2.78. The fraction of sp³-hybridized carbons (Fsp3) is 0.600. The van der Waals surface area contributed by atoms with Gasteiger partial charge in [-0.2, -0.15) is 5.11 Å². The van der Waals surface area contributed by atoms with Crippen molar-refractivity contribution in [2.45, 2.75) is 19.6 Å². The minimum absolute atomic E-state index is 0.575. The molecule has 0 spiro atoms. The van der Waals surface area contributed by atoms with Gasteiger partial charge in [0.05, 0.1) is 5.70 Å². The van der Waals surface area contributed by atoms with Crippen molar-refractivity contribution in [3.05, 3.63) is 11.8 Å². The van der Waals surface area contributed by atoms with Crippen LogP contribution >= 0.6 is 7.82 Å². The Labute approximate surface area is 69.2 Å². The van der Waals surface area contributed by atoms with Crippen LogP contribution in [0.4, 0.5) is 0 Å². The smallest absolute Gasteiger partial charge is 0.303 e. The van der Waals surface area contributed by atoms with E-state index in [1.54, 1.807) is 6.92 Å². The summed E-state index contributed by atoms with van der Waals surface area (Å²) >= 11 is 0. The zero-order valence-corrected chi connectivity index (χ0v) is 7.52. The van der Waals surface area contributed by atoms with Crippen LogP contribution in [0.1, 0.15) is 13.8 Å². The van der Waals surface area contributed by atoms with Crippen LogP contribution in [0.3, 0.4) is 0 Å². The number of nitrogens with zero attached hydrogens (tertiary/aromatic N) is 2. The highest BCUT2D eigenvalue weighted by molar-refractivity contribution is 7.46. The first kappa shape index (κ1) is 9.54. The molecule has 7 heteroatoms. The average molecular weight is 192 g/mol. The molecule has 0 bridgehead atoms. The van der Waals surface area contributed by atoms with Gasteiger partial charge in [-0.25, -0.2) is 4.57 Å². The number of rotatable bonds is 2. The van der Waals surface area contributed by atoms with E-state index < -0.39 is 13.5 Å². The number of allylic oxidation sites excluding steroid dienone is 1. The second-order valence-electron chi connectivity index (χ2n) is 2.62. The molecular formula is C5H9N2O4P. The Hall–Kier alpha value is -0.550. The summed E-state index contributed by atoms with van der Waals surface area (Å²) < 4.78 is 14.8. The van der Waals surface area contributed by atoms with Gasteiger partial charge in [-0.15, -0.1) is 5.11 Å². The quantitative estimate of drug-likeness (QED) is 0.642. The van der Waals surface area contributed by atoms with Gasteiger partial charge in [0.25, 0.3) is 0 Å². The minimum Gasteiger partial charge on any atom is -0.303 e. The van der Waals surface area contributed by atoms with E-state index in [4.69, 9.17) is 9.79 Å². The number of azo groups is 1. The summed E-state index contributed by atoms with van der Waals surface area (Å²) in [5.41, 5.74) is -0.741. The van der Waals surface area contributed by atoms with Gasteiger partial charge < -0.3 is 9.79 Å². The van der Waals surface area contributed by atoms with E-state index in [0.29, 0.717) is 5.70 Å². The van der Waals surface area contributed by atoms with Gasteiger partial charge in [-0.3, -0.25) is 4.52 Å². The van der Waals surface area contributed by atoms with Crippen LogP contribution in [-0.4, -0.2) is 15.5 Å². The van der Waals surface area contributed by atoms with Gasteiger partial charge >= 0.3 is 7.82 Å². The van der Waals surface area contributed by atoms with Gasteiger partial charge in [0, 0.05) is 0 Å². The monoisotopic (exact) mass is 192 g/mol. The molecule has 1 unspecified atom stereocenters. The average Bonchev–Trinajstić information content (AvgIpc) is 2.05. The molecule has 0 saturated carbocycles. The maximum atomic E-state index is 10.4. The van der Waals surface area contributed by atoms with Crippen molar-refractivity contribution in [3.63, 3.8) is 0 Å². The molecule has 1 rings (SSSR count). The van der Waals surface area contributed by atoms with E-state index >= 15 is 0 Å². The molecule has 6 nitrogen and oxygen atoms in total. The van der Waals surface area contributed by atoms with Crippen molar-refractivity contribution in [1.29, 1.82) is 0 Å². The van der Waals surface area contributed by atoms with Crippen LogP contribution in [0.5, 0.6) is 0 Å². The van der Waals surface area contributed by atoms with E-state index in [1.165, 1.54) is 13.0 Å². The molecule has 0 amide bonds. The van der Waals surface area contributed by atoms with Crippen molar-refractivity contribution in [3.8, 4) is 0 Å². The molecule has 0 aliphatic carbocycles. The lowest BCUT2D eigenvalue weighted by Crippen LogP contribution is -2.19. The Morgan fingerprint density at radius 2 is 2.25 bits per heavy atom. The van der Waals surface area contributed by atoms with Crippen LogP contribution in [0.2, 0.25) is 0 Å². The van der Waals surface area contributed by atoms with Crippen molar-refractivity contribution < 1.29 is 18.9 Å². The minimum atomic E-state index is -4.51. The standard InChI is InChI=1S/C5H9N2O4P/c1-4-3-5(2,7-6-4)11-12(8,9)10/h3H,1-2H3,(H2,8,9,10). The van der Waals surface area contributed by atoms with Crippen LogP contribution in [0, 0.1) is 0 Å². The number of phosphoric acid groups is 1. The molecule has 0 radical (unpaired) electrons. The van der Waals surface area contributed by atoms with Gasteiger partial charge in [0.15, 0.2) is 0 Å². The third-order valence-corrected chi connectivity index (χ3v) is 1.79. The molecule has 0 aromatic rings. The van der Waals surface area contributed by atoms with Crippen molar-refractivity contribution in [2.75, 3.05) is 0 Å². The summed E-state index contributed by atoms with van der Waals surface area (Å²) in [6, 6.07) is 0. The second kappa shape index (κ2) is 2.74. The van der Waals surface area contributed by atoms with E-state index in [-0.39, 0.29) is 0 Å². The number of hydrogen-bond donors (Lipinski definition) is 2. The molecule has 12 heavy (non-hydrogen) atoms. The topological polar surface area (TPSA) is 91.5 Å². The van der Waals surface area contributed by atoms with Gasteiger partial charge in [0.2, 0.25) is 5.72 Å². The largest absolute Gasteiger partial charge is 0.472 e. The highest BCUT2D eigenvalue weighted by atomic mass is 31.2. The van der Waals surface area contributed by atoms with Gasteiger partial charge in [-0.1, -0.05) is 0 Å². The van der Waals surface area contributed by atoms with Crippen molar-refractivity contribution in [1.82, 2.24) is 0 Å². The third-order valence-electron chi connectivity index (χ3n) is 1.19. The highest BCUT2D eigenvalue weighted by Gasteiger charge is 2.34. The van der Waals surface area contributed by atoms with Crippen LogP contribution in [0.25, 0.3) is 0 Å². The van der Waals surface area contributed by atoms with E-state index in [0.717, 1.165) is 0 Å². The molecule has 1 aliphatic rings. The normalized spacial score (nSPS) is 29.2. The predicted molar refractivity (Wildman–Crippen MR) is 40.1 cm³/mol. The molecule has 0 fully saturated rings. The van der Waals surface area contributed by atoms with Crippen LogP contribution < -0.4 is 0 Å². The first-order chi connectivity index (χ1) is 5.31. The maximum Gasteiger partial charge on any atom is 0.472 e. The number of phosphoric ester groups is 1. The molecular weight excluding hydrogens is 183 g/mol. The SMILES string of the molecule is CC1=CC(C)(OP(=O)(O)O)N=N1. The molecule has 0 aromatic carbocycles. The van der Waals surface area contributed by atoms with Crippen LogP contribution in [0.15, 0.2) is 22.0 Å². The van der Waals surface area contributed by atoms with Crippen molar-refractivity contribution >= 4 is 7.82 Å². The summed E-state index contributed by atoms with van der Waals surface area (Å²) in [7, 11) is -4.51. The first-order valence-corrected chi connectivity index (χ1v) is 4.72. The third kappa shape index (κ3) is 2.49. The van der Waals surface area contributed by atoms with E-state index in [9.17, 15) is 4.57 Å². The lowest BCUT2D eigenvalue weighted by atomic mass is 10.2. The zero-order valence-electron chi connectivity index (χ0n) is 6.63. The maximum absolute atomic E-state index is 10.4. The van der Waals surface area contributed by atoms with Gasteiger partial charge in [0.1, 0.15) is 0 Å². The summed E-state index contributed by atoms with van der Waals surface area (Å²) in [5, 5.41) is 7.14. The fourth-order valence-electron chi connectivity index (χ4n) is 0.909. The zero-order chi connectivity index (χ0) is 9.41. The first-order valence-electron chi connectivity index (χ1n) is 3.19. The molecule has 1 heterocycles. The van der Waals surface area contributed by atoms with Crippen molar-refractivity contribution in [2.24, 2.45) is 10.2 Å². The Morgan fingerprint density at radius 1 is 1.67 bits per heavy atom. The lowest BCUT2D eigenvalue weighted by molar-refractivity contribution is 0.0944. The lowest BCUT2D eigenvalue weighted by Gasteiger charge is -2.17. The summed E-state index contributed by atoms with van der Waals surface area (Å²) in [4.78, 5) is 17.0. The molecule has 1 atom stereocenters.